The molecule has 1 heterocycles. The van der Waals surface area contributed by atoms with Gasteiger partial charge in [-0.1, -0.05) is 49.4 Å². The Labute approximate surface area is 135 Å². The van der Waals surface area contributed by atoms with Gasteiger partial charge in [0.2, 0.25) is 0 Å². The fourth-order valence-electron chi connectivity index (χ4n) is 2.47. The van der Waals surface area contributed by atoms with E-state index in [-0.39, 0.29) is 5.91 Å². The Kier molecular flexibility index (Phi) is 4.52. The Hall–Kier alpha value is -2.88. The largest absolute Gasteiger partial charge is 0.348 e. The Morgan fingerprint density at radius 2 is 1.83 bits per heavy atom. The average molecular weight is 305 g/mol. The molecule has 2 N–H and O–H groups in total. The highest BCUT2D eigenvalue weighted by Gasteiger charge is 2.10. The molecule has 0 aliphatic carbocycles. The van der Waals surface area contributed by atoms with E-state index in [0.29, 0.717) is 12.1 Å². The summed E-state index contributed by atoms with van der Waals surface area (Å²) < 4.78 is 0. The summed E-state index contributed by atoms with van der Waals surface area (Å²) >= 11 is 0. The second-order valence-corrected chi connectivity index (χ2v) is 5.37. The second kappa shape index (κ2) is 6.92. The maximum atomic E-state index is 12.2. The summed E-state index contributed by atoms with van der Waals surface area (Å²) in [6.45, 7) is 2.54. The van der Waals surface area contributed by atoms with Crippen molar-refractivity contribution in [1.29, 1.82) is 0 Å². The van der Waals surface area contributed by atoms with Crippen molar-refractivity contribution in [3.63, 3.8) is 0 Å². The summed E-state index contributed by atoms with van der Waals surface area (Å²) in [5.74, 6) is -0.0761. The third-order valence-electron chi connectivity index (χ3n) is 3.84. The Morgan fingerprint density at radius 1 is 1.09 bits per heavy atom. The van der Waals surface area contributed by atoms with Crippen molar-refractivity contribution in [3.8, 4) is 11.3 Å². The van der Waals surface area contributed by atoms with Gasteiger partial charge in [-0.2, -0.15) is 5.10 Å². The highest BCUT2D eigenvalue weighted by Crippen LogP contribution is 2.20. The predicted octanol–water partition coefficient (Wildman–Crippen LogP) is 3.57. The minimum absolute atomic E-state index is 0.0761. The molecule has 0 aliphatic rings. The molecule has 23 heavy (non-hydrogen) atoms. The minimum atomic E-state index is -0.0761. The van der Waals surface area contributed by atoms with Crippen LogP contribution in [0.2, 0.25) is 0 Å². The topological polar surface area (TPSA) is 57.8 Å². The molecule has 0 aliphatic heterocycles. The van der Waals surface area contributed by atoms with Crippen LogP contribution < -0.4 is 5.32 Å². The summed E-state index contributed by atoms with van der Waals surface area (Å²) in [5.41, 5.74) is 4.86. The summed E-state index contributed by atoms with van der Waals surface area (Å²) in [6, 6.07) is 17.7. The molecule has 0 unspecified atom stereocenters. The maximum Gasteiger partial charge on any atom is 0.251 e. The molecule has 0 fully saturated rings. The van der Waals surface area contributed by atoms with Gasteiger partial charge in [-0.05, 0) is 29.7 Å². The van der Waals surface area contributed by atoms with E-state index >= 15 is 0 Å². The lowest BCUT2D eigenvalue weighted by molar-refractivity contribution is 0.0951. The van der Waals surface area contributed by atoms with E-state index in [9.17, 15) is 4.79 Å². The average Bonchev–Trinajstić information content (AvgIpc) is 3.09. The zero-order chi connectivity index (χ0) is 16.1. The van der Waals surface area contributed by atoms with Crippen molar-refractivity contribution in [2.24, 2.45) is 0 Å². The second-order valence-electron chi connectivity index (χ2n) is 5.37. The van der Waals surface area contributed by atoms with Gasteiger partial charge in [-0.3, -0.25) is 9.89 Å². The third-order valence-corrected chi connectivity index (χ3v) is 3.84. The van der Waals surface area contributed by atoms with Crippen molar-refractivity contribution in [2.45, 2.75) is 19.9 Å². The Morgan fingerprint density at radius 3 is 2.52 bits per heavy atom. The molecule has 1 amide bonds. The lowest BCUT2D eigenvalue weighted by atomic mass is 10.1. The quantitative estimate of drug-likeness (QED) is 0.757. The molecule has 0 spiro atoms. The number of carbonyl (C=O) groups is 1. The third kappa shape index (κ3) is 3.48. The fourth-order valence-corrected chi connectivity index (χ4v) is 2.47. The van der Waals surface area contributed by atoms with Gasteiger partial charge in [0, 0.05) is 17.7 Å². The van der Waals surface area contributed by atoms with Crippen molar-refractivity contribution >= 4 is 5.91 Å². The smallest absolute Gasteiger partial charge is 0.251 e. The lowest BCUT2D eigenvalue weighted by Gasteiger charge is -2.07. The van der Waals surface area contributed by atoms with Crippen molar-refractivity contribution in [3.05, 3.63) is 77.5 Å². The number of nitrogens with one attached hydrogen (secondary N) is 2. The van der Waals surface area contributed by atoms with Crippen molar-refractivity contribution < 1.29 is 4.79 Å². The minimum Gasteiger partial charge on any atom is -0.348 e. The first-order valence-electron chi connectivity index (χ1n) is 7.72. The molecular formula is C19H19N3O. The summed E-state index contributed by atoms with van der Waals surface area (Å²) in [6.07, 6.45) is 2.72. The normalized spacial score (nSPS) is 10.5. The monoisotopic (exact) mass is 305 g/mol. The van der Waals surface area contributed by atoms with Crippen LogP contribution in [0.25, 0.3) is 11.3 Å². The molecule has 0 atom stereocenters. The van der Waals surface area contributed by atoms with Crippen LogP contribution in [0.5, 0.6) is 0 Å². The van der Waals surface area contributed by atoms with Gasteiger partial charge in [0.1, 0.15) is 0 Å². The summed E-state index contributed by atoms with van der Waals surface area (Å²) in [5, 5.41) is 10.0. The molecule has 4 heteroatoms. The van der Waals surface area contributed by atoms with Crippen molar-refractivity contribution in [1.82, 2.24) is 15.5 Å². The molecule has 4 nitrogen and oxygen atoms in total. The maximum absolute atomic E-state index is 12.2. The van der Waals surface area contributed by atoms with Crippen LogP contribution in [-0.2, 0) is 13.0 Å². The molecule has 1 aromatic heterocycles. The highest BCUT2D eigenvalue weighted by molar-refractivity contribution is 5.94. The van der Waals surface area contributed by atoms with E-state index in [0.717, 1.165) is 23.2 Å². The first-order chi connectivity index (χ1) is 11.3. The van der Waals surface area contributed by atoms with Crippen LogP contribution in [0.3, 0.4) is 0 Å². The molecule has 116 valence electrons. The van der Waals surface area contributed by atoms with E-state index in [1.165, 1.54) is 5.56 Å². The van der Waals surface area contributed by atoms with Crippen LogP contribution in [-0.4, -0.2) is 16.1 Å². The van der Waals surface area contributed by atoms with E-state index in [4.69, 9.17) is 0 Å². The molecule has 3 rings (SSSR count). The van der Waals surface area contributed by atoms with Gasteiger partial charge in [0.15, 0.2) is 0 Å². The number of carbonyl (C=O) groups excluding carboxylic acids is 1. The van der Waals surface area contributed by atoms with E-state index < -0.39 is 0 Å². The molecular weight excluding hydrogens is 286 g/mol. The number of nitrogens with zero attached hydrogens (tertiary/aromatic N) is 1. The van der Waals surface area contributed by atoms with E-state index in [2.05, 4.69) is 22.4 Å². The fraction of sp³-hybridized carbons (Fsp3) is 0.158. The molecule has 3 aromatic rings. The van der Waals surface area contributed by atoms with Gasteiger partial charge in [-0.25, -0.2) is 0 Å². The van der Waals surface area contributed by atoms with Crippen LogP contribution in [0, 0.1) is 0 Å². The first-order valence-corrected chi connectivity index (χ1v) is 7.72. The number of rotatable bonds is 5. The lowest BCUT2D eigenvalue weighted by Crippen LogP contribution is -2.22. The number of amides is 1. The number of aromatic nitrogens is 2. The number of aromatic amines is 1. The van der Waals surface area contributed by atoms with Crippen LogP contribution >= 0.6 is 0 Å². The Balaban J connectivity index is 1.69. The van der Waals surface area contributed by atoms with Gasteiger partial charge in [0.05, 0.1) is 11.9 Å². The number of hydrogen-bond acceptors (Lipinski definition) is 2. The zero-order valence-corrected chi connectivity index (χ0v) is 13.0. The summed E-state index contributed by atoms with van der Waals surface area (Å²) in [7, 11) is 0. The van der Waals surface area contributed by atoms with Gasteiger partial charge < -0.3 is 5.32 Å². The molecule has 2 aromatic carbocycles. The number of benzene rings is 2. The first kappa shape index (κ1) is 15.0. The number of aryl methyl sites for hydroxylation is 1. The standard InChI is InChI=1S/C19H19N3O/c1-2-14-8-10-16(11-9-14)19(23)20-12-17-13-21-22-18(17)15-6-4-3-5-7-15/h3-11,13H,2,12H2,1H3,(H,20,23)(H,21,22). The van der Waals surface area contributed by atoms with Crippen LogP contribution in [0.4, 0.5) is 0 Å². The molecule has 0 radical (unpaired) electrons. The van der Waals surface area contributed by atoms with Crippen LogP contribution in [0.15, 0.2) is 60.8 Å². The highest BCUT2D eigenvalue weighted by atomic mass is 16.1. The van der Waals surface area contributed by atoms with Crippen LogP contribution in [0.1, 0.15) is 28.4 Å². The van der Waals surface area contributed by atoms with Gasteiger partial charge >= 0.3 is 0 Å². The number of hydrogen-bond donors (Lipinski definition) is 2. The van der Waals surface area contributed by atoms with Gasteiger partial charge in [-0.15, -0.1) is 0 Å². The Bertz CT molecular complexity index is 776. The summed E-state index contributed by atoms with van der Waals surface area (Å²) in [4.78, 5) is 12.2. The molecule has 0 saturated heterocycles. The molecule has 0 bridgehead atoms. The molecule has 0 saturated carbocycles. The predicted molar refractivity (Wildman–Crippen MR) is 91.0 cm³/mol. The van der Waals surface area contributed by atoms with Crippen molar-refractivity contribution in [2.75, 3.05) is 0 Å². The SMILES string of the molecule is CCc1ccc(C(=O)NCc2cn[nH]c2-c2ccccc2)cc1. The zero-order valence-electron chi connectivity index (χ0n) is 13.0. The van der Waals surface area contributed by atoms with Gasteiger partial charge in [0.25, 0.3) is 5.91 Å². The van der Waals surface area contributed by atoms with E-state index in [1.807, 2.05) is 54.6 Å². The van der Waals surface area contributed by atoms with E-state index in [1.54, 1.807) is 6.20 Å². The number of H-pyrrole nitrogens is 1.